The van der Waals surface area contributed by atoms with Gasteiger partial charge in [-0.15, -0.1) is 0 Å². The lowest BCUT2D eigenvalue weighted by Gasteiger charge is -2.15. The number of hydrogen-bond donors (Lipinski definition) is 2. The molecule has 0 aliphatic rings. The Labute approximate surface area is 170 Å². The first-order valence-corrected chi connectivity index (χ1v) is 10.6. The Balaban J connectivity index is 2.01. The Kier molecular flexibility index (Phi) is 7.54. The summed E-state index contributed by atoms with van der Waals surface area (Å²) < 4.78 is 30.9. The van der Waals surface area contributed by atoms with Crippen LogP contribution in [-0.4, -0.2) is 56.6 Å². The third-order valence-corrected chi connectivity index (χ3v) is 6.13. The van der Waals surface area contributed by atoms with E-state index in [0.29, 0.717) is 12.3 Å². The van der Waals surface area contributed by atoms with Crippen LogP contribution in [0, 0.1) is 0 Å². The molecular formula is C19H26N4O5S. The number of benzene rings is 1. The molecule has 0 aliphatic heterocycles. The van der Waals surface area contributed by atoms with Gasteiger partial charge in [0, 0.05) is 19.7 Å². The minimum Gasteiger partial charge on any atom is -0.454 e. The van der Waals surface area contributed by atoms with Crippen LogP contribution in [0.15, 0.2) is 45.7 Å². The fourth-order valence-electron chi connectivity index (χ4n) is 2.51. The lowest BCUT2D eigenvalue weighted by molar-refractivity contribution is 0.0828. The second-order valence-electron chi connectivity index (χ2n) is 6.45. The van der Waals surface area contributed by atoms with Crippen molar-refractivity contribution in [3.05, 3.63) is 53.5 Å². The van der Waals surface area contributed by atoms with Gasteiger partial charge in [0.2, 0.25) is 10.0 Å². The minimum atomic E-state index is -3.67. The second-order valence-corrected chi connectivity index (χ2v) is 8.60. The number of carbonyl (C=O) groups is 2. The first kappa shape index (κ1) is 22.6. The average molecular weight is 423 g/mol. The molecule has 1 heterocycles. The monoisotopic (exact) mass is 422 g/mol. The van der Waals surface area contributed by atoms with Crippen LogP contribution in [0.1, 0.15) is 40.5 Å². The lowest BCUT2D eigenvalue weighted by atomic mass is 10.2. The van der Waals surface area contributed by atoms with Crippen molar-refractivity contribution >= 4 is 21.8 Å². The van der Waals surface area contributed by atoms with E-state index >= 15 is 0 Å². The second kappa shape index (κ2) is 9.68. The zero-order chi connectivity index (χ0) is 21.6. The molecule has 0 spiro atoms. The molecule has 0 fully saturated rings. The predicted molar refractivity (Wildman–Crippen MR) is 108 cm³/mol. The fraction of sp³-hybridized carbons (Fsp3) is 0.368. The minimum absolute atomic E-state index is 0.0199. The van der Waals surface area contributed by atoms with Gasteiger partial charge in [-0.3, -0.25) is 25.3 Å². The van der Waals surface area contributed by atoms with Gasteiger partial charge < -0.3 is 4.42 Å². The summed E-state index contributed by atoms with van der Waals surface area (Å²) >= 11 is 0. The van der Waals surface area contributed by atoms with Crippen LogP contribution in [0.2, 0.25) is 0 Å². The molecule has 0 saturated carbocycles. The van der Waals surface area contributed by atoms with Crippen LogP contribution in [0.3, 0.4) is 0 Å². The molecule has 2 rings (SSSR count). The summed E-state index contributed by atoms with van der Waals surface area (Å²) in [5.74, 6) is -0.548. The van der Waals surface area contributed by atoms with Crippen molar-refractivity contribution in [2.45, 2.75) is 25.3 Å². The van der Waals surface area contributed by atoms with E-state index in [9.17, 15) is 18.0 Å². The van der Waals surface area contributed by atoms with E-state index in [0.717, 1.165) is 17.4 Å². The molecule has 9 nitrogen and oxygen atoms in total. The van der Waals surface area contributed by atoms with Crippen molar-refractivity contribution < 1.29 is 22.4 Å². The number of sulfonamides is 1. The molecule has 1 aromatic heterocycles. The Bertz CT molecular complexity index is 964. The summed E-state index contributed by atoms with van der Waals surface area (Å²) in [7, 11) is -0.866. The lowest BCUT2D eigenvalue weighted by Crippen LogP contribution is -2.41. The number of hydrazine groups is 1. The molecule has 0 atom stereocenters. The standard InChI is InChI=1S/C19H26N4O5S/c1-5-23(6-2)13-15-10-11-17(28-15)19(25)21-20-18(24)14-8-7-9-16(12-14)29(26,27)22(3)4/h7-12H,5-6,13H2,1-4H3,(H,20,24)(H,21,25). The highest BCUT2D eigenvalue weighted by molar-refractivity contribution is 7.89. The van der Waals surface area contributed by atoms with Gasteiger partial charge in [-0.25, -0.2) is 12.7 Å². The first-order chi connectivity index (χ1) is 13.7. The van der Waals surface area contributed by atoms with Crippen molar-refractivity contribution in [2.75, 3.05) is 27.2 Å². The largest absolute Gasteiger partial charge is 0.454 e. The topological polar surface area (TPSA) is 112 Å². The highest BCUT2D eigenvalue weighted by Crippen LogP contribution is 2.15. The maximum Gasteiger partial charge on any atom is 0.305 e. The number of nitrogens with zero attached hydrogens (tertiary/aromatic N) is 2. The molecule has 1 aromatic carbocycles. The Morgan fingerprint density at radius 3 is 2.28 bits per heavy atom. The number of carbonyl (C=O) groups excluding carboxylic acids is 2. The maximum atomic E-state index is 12.3. The molecule has 0 aliphatic carbocycles. The van der Waals surface area contributed by atoms with Crippen LogP contribution in [0.4, 0.5) is 0 Å². The maximum absolute atomic E-state index is 12.3. The molecule has 0 radical (unpaired) electrons. The van der Waals surface area contributed by atoms with Gasteiger partial charge in [0.15, 0.2) is 5.76 Å². The van der Waals surface area contributed by atoms with E-state index in [1.165, 1.54) is 44.4 Å². The third-order valence-electron chi connectivity index (χ3n) is 4.32. The quantitative estimate of drug-likeness (QED) is 0.623. The van der Waals surface area contributed by atoms with Crippen molar-refractivity contribution in [3.8, 4) is 0 Å². The van der Waals surface area contributed by atoms with E-state index < -0.39 is 21.8 Å². The fourth-order valence-corrected chi connectivity index (χ4v) is 3.46. The van der Waals surface area contributed by atoms with Crippen molar-refractivity contribution in [3.63, 3.8) is 0 Å². The molecule has 2 N–H and O–H groups in total. The Morgan fingerprint density at radius 2 is 1.66 bits per heavy atom. The zero-order valence-electron chi connectivity index (χ0n) is 16.9. The van der Waals surface area contributed by atoms with Crippen LogP contribution in [0.25, 0.3) is 0 Å². The summed E-state index contributed by atoms with van der Waals surface area (Å²) in [5.41, 5.74) is 4.62. The zero-order valence-corrected chi connectivity index (χ0v) is 17.7. The first-order valence-electron chi connectivity index (χ1n) is 9.13. The molecule has 158 valence electrons. The van der Waals surface area contributed by atoms with Crippen LogP contribution in [-0.2, 0) is 16.6 Å². The van der Waals surface area contributed by atoms with Gasteiger partial charge in [0.1, 0.15) is 5.76 Å². The smallest absolute Gasteiger partial charge is 0.305 e. The number of hydrogen-bond acceptors (Lipinski definition) is 6. The molecule has 29 heavy (non-hydrogen) atoms. The Hall–Kier alpha value is -2.69. The summed E-state index contributed by atoms with van der Waals surface area (Å²) in [5, 5.41) is 0. The highest BCUT2D eigenvalue weighted by Gasteiger charge is 2.19. The number of nitrogens with one attached hydrogen (secondary N) is 2. The molecule has 0 saturated heterocycles. The van der Waals surface area contributed by atoms with Gasteiger partial charge >= 0.3 is 5.91 Å². The number of furan rings is 1. The summed E-state index contributed by atoms with van der Waals surface area (Å²) in [6.07, 6.45) is 0. The van der Waals surface area contributed by atoms with Crippen molar-refractivity contribution in [1.29, 1.82) is 0 Å². The molecule has 0 bridgehead atoms. The van der Waals surface area contributed by atoms with Gasteiger partial charge in [0.25, 0.3) is 5.91 Å². The van der Waals surface area contributed by atoms with E-state index in [1.807, 2.05) is 13.8 Å². The third kappa shape index (κ3) is 5.66. The van der Waals surface area contributed by atoms with Crippen LogP contribution < -0.4 is 10.9 Å². The van der Waals surface area contributed by atoms with Gasteiger partial charge in [0.05, 0.1) is 11.4 Å². The number of amides is 2. The van der Waals surface area contributed by atoms with Crippen molar-refractivity contribution in [1.82, 2.24) is 20.1 Å². The SMILES string of the molecule is CCN(CC)Cc1ccc(C(=O)NNC(=O)c2cccc(S(=O)(=O)N(C)C)c2)o1. The molecular weight excluding hydrogens is 396 g/mol. The summed E-state index contributed by atoms with van der Waals surface area (Å²) in [6.45, 7) is 6.37. The molecule has 2 amide bonds. The van der Waals surface area contributed by atoms with Gasteiger partial charge in [-0.05, 0) is 43.4 Å². The van der Waals surface area contributed by atoms with Gasteiger partial charge in [-0.1, -0.05) is 19.9 Å². The predicted octanol–water partition coefficient (Wildman–Crippen LogP) is 1.45. The average Bonchev–Trinajstić information content (AvgIpc) is 3.18. The summed E-state index contributed by atoms with van der Waals surface area (Å²) in [4.78, 5) is 26.6. The van der Waals surface area contributed by atoms with E-state index in [-0.39, 0.29) is 16.2 Å². The molecule has 0 unspecified atom stereocenters. The Morgan fingerprint density at radius 1 is 1.00 bits per heavy atom. The van der Waals surface area contributed by atoms with E-state index in [1.54, 1.807) is 6.07 Å². The van der Waals surface area contributed by atoms with Crippen molar-refractivity contribution in [2.24, 2.45) is 0 Å². The van der Waals surface area contributed by atoms with Crippen LogP contribution in [0.5, 0.6) is 0 Å². The van der Waals surface area contributed by atoms with E-state index in [4.69, 9.17) is 4.42 Å². The molecule has 10 heteroatoms. The highest BCUT2D eigenvalue weighted by atomic mass is 32.2. The number of rotatable bonds is 8. The molecule has 2 aromatic rings. The van der Waals surface area contributed by atoms with Gasteiger partial charge in [-0.2, -0.15) is 0 Å². The van der Waals surface area contributed by atoms with E-state index in [2.05, 4.69) is 15.8 Å². The normalized spacial score (nSPS) is 11.7. The summed E-state index contributed by atoms with van der Waals surface area (Å²) in [6, 6.07) is 8.79. The van der Waals surface area contributed by atoms with Crippen LogP contribution >= 0.6 is 0 Å².